The van der Waals surface area contributed by atoms with Crippen LogP contribution in [-0.2, 0) is 14.6 Å². The third kappa shape index (κ3) is 2.79. The molecule has 0 aliphatic rings. The van der Waals surface area contributed by atoms with Crippen molar-refractivity contribution < 1.29 is 17.6 Å². The van der Waals surface area contributed by atoms with Crippen LogP contribution in [0.2, 0.25) is 0 Å². The summed E-state index contributed by atoms with van der Waals surface area (Å²) in [5, 5.41) is 2.37. The van der Waals surface area contributed by atoms with Crippen molar-refractivity contribution in [1.29, 1.82) is 0 Å². The molecule has 1 aromatic rings. The van der Waals surface area contributed by atoms with Gasteiger partial charge < -0.3 is 11.1 Å². The Labute approximate surface area is 105 Å². The predicted octanol–water partition coefficient (Wildman–Crippen LogP) is 1.17. The average molecular weight is 274 g/mol. The summed E-state index contributed by atoms with van der Waals surface area (Å²) in [6, 6.07) is 3.45. The molecule has 0 saturated heterocycles. The molecule has 0 aromatic heterocycles. The molecule has 3 N–H and O–H groups in total. The number of nitrogens with one attached hydrogen (secondary N) is 1. The predicted molar refractivity (Wildman–Crippen MR) is 68.4 cm³/mol. The molecule has 0 aliphatic heterocycles. The van der Waals surface area contributed by atoms with Gasteiger partial charge in [0.25, 0.3) is 0 Å². The minimum atomic E-state index is -3.57. The van der Waals surface area contributed by atoms with E-state index in [1.165, 1.54) is 19.9 Å². The number of carbonyl (C=O) groups excluding carboxylic acids is 1. The molecule has 0 saturated carbocycles. The summed E-state index contributed by atoms with van der Waals surface area (Å²) >= 11 is 0. The Balaban J connectivity index is 3.02. The lowest BCUT2D eigenvalue weighted by atomic mass is 10.2. The second-order valence-corrected chi connectivity index (χ2v) is 7.03. The largest absolute Gasteiger partial charge is 0.397 e. The maximum atomic E-state index is 12.8. The van der Waals surface area contributed by atoms with Gasteiger partial charge in [-0.1, -0.05) is 0 Å². The number of hydrogen-bond donors (Lipinski definition) is 2. The van der Waals surface area contributed by atoms with Crippen LogP contribution < -0.4 is 11.1 Å². The number of sulfone groups is 1. The zero-order valence-corrected chi connectivity index (χ0v) is 11.1. The highest BCUT2D eigenvalue weighted by molar-refractivity contribution is 7.92. The quantitative estimate of drug-likeness (QED) is 0.810. The van der Waals surface area contributed by atoms with Crippen molar-refractivity contribution in [1.82, 2.24) is 0 Å². The third-order valence-corrected chi connectivity index (χ3v) is 4.77. The lowest BCUT2D eigenvalue weighted by Gasteiger charge is -2.21. The molecule has 1 aromatic carbocycles. The normalized spacial score (nSPS) is 12.2. The first kappa shape index (κ1) is 14.4. The lowest BCUT2D eigenvalue weighted by molar-refractivity contribution is -0.117. The minimum absolute atomic E-state index is 0.0349. The summed E-state index contributed by atoms with van der Waals surface area (Å²) < 4.78 is 34.2. The summed E-state index contributed by atoms with van der Waals surface area (Å²) in [6.45, 7) is 2.58. The molecule has 1 amide bonds. The SMILES string of the molecule is CC(C)(C(=O)Nc1ccc(F)cc1N)S(C)(=O)=O. The number of halogens is 1. The summed E-state index contributed by atoms with van der Waals surface area (Å²) in [4.78, 5) is 11.9. The smallest absolute Gasteiger partial charge is 0.245 e. The summed E-state index contributed by atoms with van der Waals surface area (Å²) in [5.41, 5.74) is 5.73. The van der Waals surface area contributed by atoms with Crippen molar-refractivity contribution >= 4 is 27.1 Å². The van der Waals surface area contributed by atoms with E-state index < -0.39 is 26.3 Å². The molecule has 0 fully saturated rings. The van der Waals surface area contributed by atoms with Gasteiger partial charge in [0.15, 0.2) is 9.84 Å². The molecule has 0 spiro atoms. The molecular weight excluding hydrogens is 259 g/mol. The maximum Gasteiger partial charge on any atom is 0.245 e. The lowest BCUT2D eigenvalue weighted by Crippen LogP contribution is -2.43. The Hall–Kier alpha value is -1.63. The van der Waals surface area contributed by atoms with E-state index in [-0.39, 0.29) is 11.4 Å². The van der Waals surface area contributed by atoms with Crippen LogP contribution in [0.4, 0.5) is 15.8 Å². The van der Waals surface area contributed by atoms with Crippen molar-refractivity contribution in [2.75, 3.05) is 17.3 Å². The summed E-state index contributed by atoms with van der Waals surface area (Å²) in [5.74, 6) is -1.25. The molecule has 100 valence electrons. The maximum absolute atomic E-state index is 12.8. The number of nitrogens with two attached hydrogens (primary N) is 1. The van der Waals surface area contributed by atoms with Crippen molar-refractivity contribution in [2.45, 2.75) is 18.6 Å². The van der Waals surface area contributed by atoms with E-state index in [2.05, 4.69) is 5.32 Å². The van der Waals surface area contributed by atoms with E-state index in [4.69, 9.17) is 5.73 Å². The van der Waals surface area contributed by atoms with Crippen LogP contribution in [0.15, 0.2) is 18.2 Å². The molecule has 0 unspecified atom stereocenters. The van der Waals surface area contributed by atoms with Gasteiger partial charge in [-0.15, -0.1) is 0 Å². The molecule has 0 heterocycles. The van der Waals surface area contributed by atoms with Gasteiger partial charge in [-0.2, -0.15) is 0 Å². The van der Waals surface area contributed by atoms with Gasteiger partial charge in [0, 0.05) is 6.26 Å². The molecule has 7 heteroatoms. The third-order valence-electron chi connectivity index (χ3n) is 2.74. The first-order chi connectivity index (χ1) is 8.05. The molecule has 0 aliphatic carbocycles. The number of amides is 1. The van der Waals surface area contributed by atoms with Crippen LogP contribution in [0.1, 0.15) is 13.8 Å². The highest BCUT2D eigenvalue weighted by Gasteiger charge is 2.38. The highest BCUT2D eigenvalue weighted by Crippen LogP contribution is 2.23. The molecule has 18 heavy (non-hydrogen) atoms. The van der Waals surface area contributed by atoms with Gasteiger partial charge in [-0.05, 0) is 32.0 Å². The fourth-order valence-corrected chi connectivity index (χ4v) is 1.48. The van der Waals surface area contributed by atoms with Gasteiger partial charge in [0.1, 0.15) is 10.6 Å². The molecule has 0 bridgehead atoms. The second-order valence-electron chi connectivity index (χ2n) is 4.47. The number of carbonyl (C=O) groups is 1. The van der Waals surface area contributed by atoms with Gasteiger partial charge in [0.2, 0.25) is 5.91 Å². The van der Waals surface area contributed by atoms with Crippen LogP contribution in [-0.4, -0.2) is 25.3 Å². The van der Waals surface area contributed by atoms with Gasteiger partial charge >= 0.3 is 0 Å². The highest BCUT2D eigenvalue weighted by atomic mass is 32.2. The first-order valence-electron chi connectivity index (χ1n) is 5.12. The number of benzene rings is 1. The Kier molecular flexibility index (Phi) is 3.66. The van der Waals surface area contributed by atoms with E-state index in [9.17, 15) is 17.6 Å². The number of hydrogen-bond acceptors (Lipinski definition) is 4. The molecule has 0 radical (unpaired) electrons. The first-order valence-corrected chi connectivity index (χ1v) is 7.01. The second kappa shape index (κ2) is 4.56. The van der Waals surface area contributed by atoms with Crippen LogP contribution in [0, 0.1) is 5.82 Å². The van der Waals surface area contributed by atoms with E-state index in [1.807, 2.05) is 0 Å². The van der Waals surface area contributed by atoms with E-state index in [0.29, 0.717) is 0 Å². The van der Waals surface area contributed by atoms with Crippen molar-refractivity contribution in [3.05, 3.63) is 24.0 Å². The Bertz CT molecular complexity index is 582. The average Bonchev–Trinajstić information content (AvgIpc) is 2.20. The van der Waals surface area contributed by atoms with Gasteiger partial charge in [0.05, 0.1) is 11.4 Å². The molecule has 5 nitrogen and oxygen atoms in total. The standard InChI is InChI=1S/C11H15FN2O3S/c1-11(2,18(3,16)17)10(15)14-9-5-4-7(12)6-8(9)13/h4-6H,13H2,1-3H3,(H,14,15). The van der Waals surface area contributed by atoms with Gasteiger partial charge in [-0.3, -0.25) is 4.79 Å². The minimum Gasteiger partial charge on any atom is -0.397 e. The molecular formula is C11H15FN2O3S. The van der Waals surface area contributed by atoms with Crippen LogP contribution >= 0.6 is 0 Å². The van der Waals surface area contributed by atoms with Gasteiger partial charge in [-0.25, -0.2) is 12.8 Å². The van der Waals surface area contributed by atoms with Crippen LogP contribution in [0.25, 0.3) is 0 Å². The van der Waals surface area contributed by atoms with Crippen LogP contribution in [0.3, 0.4) is 0 Å². The molecule has 0 atom stereocenters. The fourth-order valence-electron chi connectivity index (χ4n) is 1.09. The summed E-state index contributed by atoms with van der Waals surface area (Å²) in [7, 11) is -3.57. The van der Waals surface area contributed by atoms with Crippen molar-refractivity contribution in [3.8, 4) is 0 Å². The fraction of sp³-hybridized carbons (Fsp3) is 0.364. The topological polar surface area (TPSA) is 89.3 Å². The van der Waals surface area contributed by atoms with Crippen molar-refractivity contribution in [3.63, 3.8) is 0 Å². The number of rotatable bonds is 3. The Morgan fingerprint density at radius 3 is 2.39 bits per heavy atom. The van der Waals surface area contributed by atoms with E-state index in [0.717, 1.165) is 18.4 Å². The number of anilines is 2. The monoisotopic (exact) mass is 274 g/mol. The number of nitrogen functional groups attached to an aromatic ring is 1. The van der Waals surface area contributed by atoms with E-state index in [1.54, 1.807) is 0 Å². The summed E-state index contributed by atoms with van der Waals surface area (Å²) in [6.07, 6.45) is 0.973. The van der Waals surface area contributed by atoms with Crippen LogP contribution in [0.5, 0.6) is 0 Å². The Morgan fingerprint density at radius 2 is 1.94 bits per heavy atom. The zero-order chi connectivity index (χ0) is 14.1. The molecule has 1 rings (SSSR count). The van der Waals surface area contributed by atoms with E-state index >= 15 is 0 Å². The zero-order valence-electron chi connectivity index (χ0n) is 10.3. The Morgan fingerprint density at radius 1 is 1.39 bits per heavy atom. The van der Waals surface area contributed by atoms with Crippen molar-refractivity contribution in [2.24, 2.45) is 0 Å².